The zero-order chi connectivity index (χ0) is 14.8. The molecule has 2 rings (SSSR count). The Morgan fingerprint density at radius 1 is 1.35 bits per heavy atom. The van der Waals surface area contributed by atoms with Crippen molar-refractivity contribution in [2.45, 2.75) is 11.4 Å². The predicted molar refractivity (Wildman–Crippen MR) is 79.3 cm³/mol. The van der Waals surface area contributed by atoms with Gasteiger partial charge in [0.2, 0.25) is 0 Å². The van der Waals surface area contributed by atoms with Crippen LogP contribution in [-0.2, 0) is 16.6 Å². The Hall–Kier alpha value is -1.15. The van der Waals surface area contributed by atoms with Crippen molar-refractivity contribution in [2.75, 3.05) is 11.8 Å². The van der Waals surface area contributed by atoms with Crippen LogP contribution in [-0.4, -0.2) is 15.5 Å². The Labute approximate surface area is 125 Å². The Balaban J connectivity index is 2.23. The second-order valence-corrected chi connectivity index (χ2v) is 7.10. The molecule has 0 aliphatic heterocycles. The van der Waals surface area contributed by atoms with Gasteiger partial charge in [0.05, 0.1) is 15.6 Å². The van der Waals surface area contributed by atoms with E-state index in [-0.39, 0.29) is 15.6 Å². The van der Waals surface area contributed by atoms with Crippen LogP contribution in [0.5, 0.6) is 0 Å². The number of rotatable bonds is 5. The van der Waals surface area contributed by atoms with Crippen LogP contribution in [0.1, 0.15) is 4.88 Å². The minimum absolute atomic E-state index is 0.133. The Bertz CT molecular complexity index is 716. The summed E-state index contributed by atoms with van der Waals surface area (Å²) in [6.07, 6.45) is 0. The van der Waals surface area contributed by atoms with Crippen molar-refractivity contribution in [3.63, 3.8) is 0 Å². The Morgan fingerprint density at radius 3 is 2.75 bits per heavy atom. The van der Waals surface area contributed by atoms with Crippen molar-refractivity contribution in [1.29, 1.82) is 0 Å². The largest absolute Gasteiger partial charge is 0.315 e. The summed E-state index contributed by atoms with van der Waals surface area (Å²) in [7, 11) is -1.90. The molecule has 1 aromatic heterocycles. The van der Waals surface area contributed by atoms with E-state index in [2.05, 4.69) is 10.0 Å². The van der Waals surface area contributed by atoms with Crippen molar-refractivity contribution in [1.82, 2.24) is 5.32 Å². The highest BCUT2D eigenvalue weighted by atomic mass is 35.5. The molecule has 2 N–H and O–H groups in total. The van der Waals surface area contributed by atoms with Gasteiger partial charge in [-0.15, -0.1) is 11.3 Å². The van der Waals surface area contributed by atoms with Gasteiger partial charge in [-0.2, -0.15) is 0 Å². The molecule has 0 aliphatic carbocycles. The summed E-state index contributed by atoms with van der Waals surface area (Å²) >= 11 is 6.97. The summed E-state index contributed by atoms with van der Waals surface area (Å²) in [4.78, 5) is 1.08. The Kier molecular flexibility index (Phi) is 4.64. The molecule has 0 aliphatic rings. The van der Waals surface area contributed by atoms with Gasteiger partial charge in [0.15, 0.2) is 0 Å². The number of benzene rings is 1. The van der Waals surface area contributed by atoms with E-state index in [4.69, 9.17) is 11.6 Å². The third-order valence-corrected chi connectivity index (χ3v) is 5.20. The van der Waals surface area contributed by atoms with Crippen molar-refractivity contribution in [3.8, 4) is 0 Å². The van der Waals surface area contributed by atoms with E-state index in [1.165, 1.54) is 23.5 Å². The summed E-state index contributed by atoms with van der Waals surface area (Å²) in [5.74, 6) is -0.596. The molecule has 0 radical (unpaired) electrons. The molecule has 2 aromatic rings. The molecule has 20 heavy (non-hydrogen) atoms. The van der Waals surface area contributed by atoms with Gasteiger partial charge in [0, 0.05) is 16.8 Å². The van der Waals surface area contributed by atoms with Crippen LogP contribution in [0, 0.1) is 5.82 Å². The standard InChI is InChI=1S/C12H12ClFN2O2S2/c1-15-6-9-5-10(7-19-9)20(17,18)16-8-2-3-12(14)11(13)4-8/h2-5,7,15-16H,6H2,1H3. The van der Waals surface area contributed by atoms with Crippen molar-refractivity contribution >= 4 is 38.6 Å². The molecular weight excluding hydrogens is 323 g/mol. The molecule has 1 heterocycles. The molecule has 0 saturated heterocycles. The summed E-state index contributed by atoms with van der Waals surface area (Å²) in [6, 6.07) is 5.25. The van der Waals surface area contributed by atoms with Gasteiger partial charge in [-0.25, -0.2) is 12.8 Å². The number of halogens is 2. The Morgan fingerprint density at radius 2 is 2.10 bits per heavy atom. The van der Waals surface area contributed by atoms with Crippen LogP contribution >= 0.6 is 22.9 Å². The normalized spacial score (nSPS) is 11.6. The average Bonchev–Trinajstić information content (AvgIpc) is 2.83. The highest BCUT2D eigenvalue weighted by Crippen LogP contribution is 2.24. The number of nitrogens with one attached hydrogen (secondary N) is 2. The van der Waals surface area contributed by atoms with Crippen molar-refractivity contribution in [3.05, 3.63) is 45.4 Å². The van der Waals surface area contributed by atoms with Gasteiger partial charge >= 0.3 is 0 Å². The smallest absolute Gasteiger partial charge is 0.262 e. The molecule has 1 aromatic carbocycles. The quantitative estimate of drug-likeness (QED) is 0.883. The fourth-order valence-corrected chi connectivity index (χ4v) is 4.06. The monoisotopic (exact) mass is 334 g/mol. The lowest BCUT2D eigenvalue weighted by atomic mass is 10.3. The number of sulfonamides is 1. The van der Waals surface area contributed by atoms with E-state index in [0.717, 1.165) is 10.9 Å². The second kappa shape index (κ2) is 6.09. The number of thiophene rings is 1. The van der Waals surface area contributed by atoms with Crippen LogP contribution in [0.4, 0.5) is 10.1 Å². The summed E-state index contributed by atoms with van der Waals surface area (Å²) in [6.45, 7) is 0.600. The lowest BCUT2D eigenvalue weighted by Crippen LogP contribution is -2.12. The summed E-state index contributed by atoms with van der Waals surface area (Å²) in [5, 5.41) is 4.37. The third kappa shape index (κ3) is 3.49. The first-order valence-electron chi connectivity index (χ1n) is 5.62. The van der Waals surface area contributed by atoms with Crippen LogP contribution in [0.2, 0.25) is 5.02 Å². The molecule has 0 bridgehead atoms. The highest BCUT2D eigenvalue weighted by Gasteiger charge is 2.16. The maximum absolute atomic E-state index is 13.0. The minimum Gasteiger partial charge on any atom is -0.315 e. The van der Waals surface area contributed by atoms with E-state index < -0.39 is 15.8 Å². The van der Waals surface area contributed by atoms with Gasteiger partial charge in [-0.3, -0.25) is 4.72 Å². The third-order valence-electron chi connectivity index (χ3n) is 2.46. The van der Waals surface area contributed by atoms with Gasteiger partial charge < -0.3 is 5.32 Å². The van der Waals surface area contributed by atoms with E-state index in [1.54, 1.807) is 18.5 Å². The fourth-order valence-electron chi connectivity index (χ4n) is 1.54. The van der Waals surface area contributed by atoms with Crippen LogP contribution in [0.15, 0.2) is 34.5 Å². The fraction of sp³-hybridized carbons (Fsp3) is 0.167. The van der Waals surface area contributed by atoms with E-state index >= 15 is 0 Å². The number of hydrogen-bond donors (Lipinski definition) is 2. The lowest BCUT2D eigenvalue weighted by molar-refractivity contribution is 0.601. The van der Waals surface area contributed by atoms with Crippen LogP contribution < -0.4 is 10.0 Å². The SMILES string of the molecule is CNCc1cc(S(=O)(=O)Nc2ccc(F)c(Cl)c2)cs1. The molecule has 0 unspecified atom stereocenters. The molecule has 0 atom stereocenters. The zero-order valence-corrected chi connectivity index (χ0v) is 12.9. The van der Waals surface area contributed by atoms with Gasteiger partial charge in [0.25, 0.3) is 10.0 Å². The van der Waals surface area contributed by atoms with Gasteiger partial charge in [0.1, 0.15) is 5.82 Å². The maximum Gasteiger partial charge on any atom is 0.262 e. The average molecular weight is 335 g/mol. The first kappa shape index (κ1) is 15.2. The second-order valence-electron chi connectivity index (χ2n) is 4.01. The zero-order valence-electron chi connectivity index (χ0n) is 10.5. The predicted octanol–water partition coefficient (Wildman–Crippen LogP) is 3.06. The number of anilines is 1. The van der Waals surface area contributed by atoms with E-state index in [1.807, 2.05) is 0 Å². The molecule has 8 heteroatoms. The van der Waals surface area contributed by atoms with Gasteiger partial charge in [-0.05, 0) is 31.3 Å². The molecular formula is C12H12ClFN2O2S2. The minimum atomic E-state index is -3.69. The topological polar surface area (TPSA) is 58.2 Å². The van der Waals surface area contributed by atoms with Crippen LogP contribution in [0.3, 0.4) is 0 Å². The van der Waals surface area contributed by atoms with Gasteiger partial charge in [-0.1, -0.05) is 11.6 Å². The van der Waals surface area contributed by atoms with E-state index in [9.17, 15) is 12.8 Å². The molecule has 4 nitrogen and oxygen atoms in total. The van der Waals surface area contributed by atoms with Crippen molar-refractivity contribution < 1.29 is 12.8 Å². The molecule has 108 valence electrons. The van der Waals surface area contributed by atoms with Crippen LogP contribution in [0.25, 0.3) is 0 Å². The summed E-state index contributed by atoms with van der Waals surface area (Å²) in [5.41, 5.74) is 0.220. The molecule has 0 amide bonds. The maximum atomic E-state index is 13.0. The molecule has 0 fully saturated rings. The lowest BCUT2D eigenvalue weighted by Gasteiger charge is -2.07. The molecule has 0 spiro atoms. The first-order valence-corrected chi connectivity index (χ1v) is 8.36. The highest BCUT2D eigenvalue weighted by molar-refractivity contribution is 7.92. The first-order chi connectivity index (χ1) is 9.42. The van der Waals surface area contributed by atoms with E-state index in [0.29, 0.717) is 6.54 Å². The molecule has 0 saturated carbocycles. The summed E-state index contributed by atoms with van der Waals surface area (Å²) < 4.78 is 39.7. The number of hydrogen-bond acceptors (Lipinski definition) is 4. The van der Waals surface area contributed by atoms with Crippen molar-refractivity contribution in [2.24, 2.45) is 0 Å².